The molecule has 150 valence electrons. The first-order valence-electron chi connectivity index (χ1n) is 9.59. The Morgan fingerprint density at radius 3 is 2.33 bits per heavy atom. The summed E-state index contributed by atoms with van der Waals surface area (Å²) in [4.78, 5) is 23.5. The van der Waals surface area contributed by atoms with Gasteiger partial charge in [0.15, 0.2) is 0 Å². The SMILES string of the molecule is CC1CCC2C(C)(C)C2(OC(O)(CCCC(=O)OC(C)(C)C)C(=O)[O-])C1.[Li+]. The molecule has 0 amide bonds. The summed E-state index contributed by atoms with van der Waals surface area (Å²) in [5.41, 5.74) is -1.40. The molecule has 2 aliphatic carbocycles. The van der Waals surface area contributed by atoms with E-state index in [1.165, 1.54) is 0 Å². The van der Waals surface area contributed by atoms with E-state index in [2.05, 4.69) is 20.8 Å². The number of carbonyl (C=O) groups excluding carboxylic acids is 2. The predicted molar refractivity (Wildman–Crippen MR) is 93.8 cm³/mol. The zero-order chi connectivity index (χ0) is 20.0. The van der Waals surface area contributed by atoms with Crippen LogP contribution in [0.25, 0.3) is 0 Å². The molecular formula is C20H33LiO6. The van der Waals surface area contributed by atoms with Gasteiger partial charge in [-0.1, -0.05) is 27.2 Å². The molecule has 0 aromatic heterocycles. The van der Waals surface area contributed by atoms with Crippen molar-refractivity contribution < 1.29 is 48.1 Å². The number of carbonyl (C=O) groups is 2. The van der Waals surface area contributed by atoms with E-state index in [0.717, 1.165) is 19.3 Å². The smallest absolute Gasteiger partial charge is 0.544 e. The van der Waals surface area contributed by atoms with Crippen LogP contribution in [-0.2, 0) is 19.1 Å². The first kappa shape index (κ1) is 24.5. The van der Waals surface area contributed by atoms with Crippen LogP contribution < -0.4 is 24.0 Å². The van der Waals surface area contributed by atoms with Gasteiger partial charge < -0.3 is 24.5 Å². The van der Waals surface area contributed by atoms with Crippen molar-refractivity contribution >= 4 is 11.9 Å². The summed E-state index contributed by atoms with van der Waals surface area (Å²) < 4.78 is 11.1. The Balaban J connectivity index is 0.00000364. The van der Waals surface area contributed by atoms with Gasteiger partial charge in [-0.3, -0.25) is 4.79 Å². The first-order valence-corrected chi connectivity index (χ1v) is 9.59. The van der Waals surface area contributed by atoms with Crippen LogP contribution in [0, 0.1) is 17.3 Å². The van der Waals surface area contributed by atoms with E-state index in [9.17, 15) is 19.8 Å². The molecule has 0 radical (unpaired) electrons. The zero-order valence-corrected chi connectivity index (χ0v) is 17.9. The van der Waals surface area contributed by atoms with E-state index >= 15 is 0 Å². The van der Waals surface area contributed by atoms with Gasteiger partial charge in [-0.15, -0.1) is 0 Å². The van der Waals surface area contributed by atoms with Crippen LogP contribution in [0.4, 0.5) is 0 Å². The van der Waals surface area contributed by atoms with Crippen LogP contribution in [-0.4, -0.2) is 34.0 Å². The normalized spacial score (nSPS) is 31.1. The molecule has 0 aromatic carbocycles. The average molecular weight is 376 g/mol. The number of hydrogen-bond acceptors (Lipinski definition) is 6. The van der Waals surface area contributed by atoms with E-state index < -0.39 is 28.9 Å². The van der Waals surface area contributed by atoms with Crippen LogP contribution in [0.1, 0.15) is 80.1 Å². The molecule has 0 spiro atoms. The molecule has 0 aliphatic heterocycles. The number of carboxylic acids is 1. The molecule has 2 fully saturated rings. The van der Waals surface area contributed by atoms with Crippen molar-refractivity contribution in [2.24, 2.45) is 17.3 Å². The third-order valence-electron chi connectivity index (χ3n) is 6.03. The van der Waals surface area contributed by atoms with Gasteiger partial charge in [-0.05, 0) is 57.3 Å². The van der Waals surface area contributed by atoms with Crippen molar-refractivity contribution in [3.05, 3.63) is 0 Å². The molecule has 7 heteroatoms. The Hall–Kier alpha value is -0.543. The van der Waals surface area contributed by atoms with E-state index in [0.29, 0.717) is 5.92 Å². The topological polar surface area (TPSA) is 95.9 Å². The van der Waals surface area contributed by atoms with Gasteiger partial charge in [-0.2, -0.15) is 0 Å². The zero-order valence-electron chi connectivity index (χ0n) is 17.9. The van der Waals surface area contributed by atoms with Gasteiger partial charge in [0.1, 0.15) is 11.6 Å². The van der Waals surface area contributed by atoms with Gasteiger partial charge in [0.05, 0.1) is 5.60 Å². The van der Waals surface area contributed by atoms with E-state index in [4.69, 9.17) is 9.47 Å². The fourth-order valence-corrected chi connectivity index (χ4v) is 4.60. The number of esters is 1. The summed E-state index contributed by atoms with van der Waals surface area (Å²) in [7, 11) is 0. The van der Waals surface area contributed by atoms with Crippen LogP contribution in [0.5, 0.6) is 0 Å². The first-order chi connectivity index (χ1) is 11.7. The minimum atomic E-state index is -2.38. The third kappa shape index (κ3) is 5.09. The minimum absolute atomic E-state index is 0. The number of hydrogen-bond donors (Lipinski definition) is 1. The Kier molecular flexibility index (Phi) is 7.32. The second-order valence-electron chi connectivity index (χ2n) is 9.66. The standard InChI is InChI=1S/C20H34O6.Li/c1-13-9-10-14-18(5,6)19(14,12-13)26-20(24,16(22)23)11-7-8-15(21)25-17(2,3)4;/h13-14,24H,7-12H2,1-6H3,(H,22,23);/q;+1/p-1. The number of ether oxygens (including phenoxy) is 2. The van der Waals surface area contributed by atoms with Gasteiger partial charge in [0.2, 0.25) is 5.79 Å². The summed E-state index contributed by atoms with van der Waals surface area (Å²) in [6.45, 7) is 11.5. The molecule has 2 saturated carbocycles. The fourth-order valence-electron chi connectivity index (χ4n) is 4.60. The Morgan fingerprint density at radius 2 is 1.81 bits per heavy atom. The number of fused-ring (bicyclic) bond motifs is 1. The molecule has 0 bridgehead atoms. The maximum absolute atomic E-state index is 11.8. The molecule has 0 heterocycles. The van der Waals surface area contributed by atoms with Crippen LogP contribution in [0.3, 0.4) is 0 Å². The summed E-state index contributed by atoms with van der Waals surface area (Å²) >= 11 is 0. The molecular weight excluding hydrogens is 343 g/mol. The molecule has 4 unspecified atom stereocenters. The van der Waals surface area contributed by atoms with Crippen molar-refractivity contribution in [3.8, 4) is 0 Å². The molecule has 2 rings (SSSR count). The summed E-state index contributed by atoms with van der Waals surface area (Å²) in [5.74, 6) is -3.79. The van der Waals surface area contributed by atoms with Crippen LogP contribution in [0.2, 0.25) is 0 Å². The Morgan fingerprint density at radius 1 is 1.22 bits per heavy atom. The van der Waals surface area contributed by atoms with Gasteiger partial charge >= 0.3 is 24.8 Å². The largest absolute Gasteiger partial charge is 1.00 e. The third-order valence-corrected chi connectivity index (χ3v) is 6.03. The maximum Gasteiger partial charge on any atom is 1.00 e. The van der Waals surface area contributed by atoms with Crippen LogP contribution >= 0.6 is 0 Å². The molecule has 0 aromatic rings. The number of aliphatic carboxylic acids is 1. The van der Waals surface area contributed by atoms with E-state index in [-0.39, 0.29) is 49.5 Å². The molecule has 6 nitrogen and oxygen atoms in total. The molecule has 4 atom stereocenters. The molecule has 2 aliphatic rings. The second-order valence-corrected chi connectivity index (χ2v) is 9.66. The summed E-state index contributed by atoms with van der Waals surface area (Å²) in [6, 6.07) is 0. The molecule has 1 N–H and O–H groups in total. The van der Waals surface area contributed by atoms with Crippen molar-refractivity contribution in [2.75, 3.05) is 0 Å². The molecule has 27 heavy (non-hydrogen) atoms. The van der Waals surface area contributed by atoms with Crippen LogP contribution in [0.15, 0.2) is 0 Å². The fraction of sp³-hybridized carbons (Fsp3) is 0.900. The van der Waals surface area contributed by atoms with Crippen molar-refractivity contribution in [2.45, 2.75) is 97.1 Å². The number of rotatable bonds is 7. The van der Waals surface area contributed by atoms with Gasteiger partial charge in [0, 0.05) is 12.8 Å². The Labute approximate surface area is 174 Å². The number of carboxylic acid groups (broad SMARTS) is 1. The second kappa shape index (κ2) is 8.06. The predicted octanol–water partition coefficient (Wildman–Crippen LogP) is -0.828. The monoisotopic (exact) mass is 376 g/mol. The average Bonchev–Trinajstić information content (AvgIpc) is 2.90. The van der Waals surface area contributed by atoms with Crippen molar-refractivity contribution in [3.63, 3.8) is 0 Å². The van der Waals surface area contributed by atoms with Crippen molar-refractivity contribution in [1.29, 1.82) is 0 Å². The molecule has 0 saturated heterocycles. The van der Waals surface area contributed by atoms with Gasteiger partial charge in [-0.25, -0.2) is 0 Å². The van der Waals surface area contributed by atoms with Gasteiger partial charge in [0.25, 0.3) is 0 Å². The quantitative estimate of drug-likeness (QED) is 0.354. The number of aliphatic hydroxyl groups is 1. The van der Waals surface area contributed by atoms with Crippen molar-refractivity contribution in [1.82, 2.24) is 0 Å². The summed E-state index contributed by atoms with van der Waals surface area (Å²) in [5, 5.41) is 22.3. The maximum atomic E-state index is 11.8. The van der Waals surface area contributed by atoms with E-state index in [1.807, 2.05) is 0 Å². The minimum Gasteiger partial charge on any atom is -0.544 e. The summed E-state index contributed by atoms with van der Waals surface area (Å²) in [6.07, 6.45) is 2.75. The Bertz CT molecular complexity index is 569. The van der Waals surface area contributed by atoms with E-state index in [1.54, 1.807) is 20.8 Å².